The second-order valence-corrected chi connectivity index (χ2v) is 8.55. The molecule has 0 spiro atoms. The monoisotopic (exact) mass is 496 g/mol. The molecule has 178 valence electrons. The van der Waals surface area contributed by atoms with Crippen molar-refractivity contribution in [1.29, 1.82) is 0 Å². The zero-order valence-corrected chi connectivity index (χ0v) is 20.1. The molecule has 0 radical (unpaired) electrons. The summed E-state index contributed by atoms with van der Waals surface area (Å²) in [5, 5.41) is 6.32. The summed E-state index contributed by atoms with van der Waals surface area (Å²) in [4.78, 5) is 25.3. The molecule has 5 rings (SSSR count). The average molecular weight is 497 g/mol. The molecule has 0 N–H and O–H groups in total. The van der Waals surface area contributed by atoms with E-state index in [0.29, 0.717) is 39.1 Å². The first-order chi connectivity index (χ1) is 17.5. The number of ether oxygens (including phenoxy) is 1. The summed E-state index contributed by atoms with van der Waals surface area (Å²) in [7, 11) is 0. The second-order valence-electron chi connectivity index (χ2n) is 8.14. The lowest BCUT2D eigenvalue weighted by Gasteiger charge is -2.10. The minimum atomic E-state index is -0.441. The molecule has 3 aromatic carbocycles. The number of rotatable bonds is 6. The van der Waals surface area contributed by atoms with Crippen LogP contribution in [0.25, 0.3) is 17.4 Å². The molecule has 0 aliphatic carbocycles. The van der Waals surface area contributed by atoms with Crippen LogP contribution in [-0.4, -0.2) is 17.6 Å². The molecule has 0 unspecified atom stereocenters. The third-order valence-electron chi connectivity index (χ3n) is 5.70. The maximum absolute atomic E-state index is 12.9. The van der Waals surface area contributed by atoms with E-state index in [1.807, 2.05) is 54.6 Å². The van der Waals surface area contributed by atoms with E-state index in [1.54, 1.807) is 49.4 Å². The largest absolute Gasteiger partial charge is 0.457 e. The molecule has 0 saturated carbocycles. The molecule has 1 aliphatic rings. The van der Waals surface area contributed by atoms with Crippen molar-refractivity contribution >= 4 is 41.0 Å². The van der Waals surface area contributed by atoms with Gasteiger partial charge in [0.05, 0.1) is 22.5 Å². The number of halogens is 1. The molecule has 1 amide bonds. The van der Waals surface area contributed by atoms with Crippen LogP contribution in [0.1, 0.15) is 28.6 Å². The summed E-state index contributed by atoms with van der Waals surface area (Å²) in [6, 6.07) is 27.0. The number of para-hydroxylation sites is 1. The summed E-state index contributed by atoms with van der Waals surface area (Å²) < 4.78 is 11.3. The number of hydrazone groups is 1. The Kier molecular flexibility index (Phi) is 6.52. The van der Waals surface area contributed by atoms with Crippen LogP contribution in [0.3, 0.4) is 0 Å². The van der Waals surface area contributed by atoms with Crippen LogP contribution in [-0.2, 0) is 16.1 Å². The number of amides is 1. The van der Waals surface area contributed by atoms with Gasteiger partial charge in [-0.3, -0.25) is 4.79 Å². The topological polar surface area (TPSA) is 72.1 Å². The van der Waals surface area contributed by atoms with Gasteiger partial charge in [0, 0.05) is 16.1 Å². The molecular formula is C29H21ClN2O4. The molecule has 0 fully saturated rings. The van der Waals surface area contributed by atoms with E-state index in [9.17, 15) is 9.59 Å². The average Bonchev–Trinajstić information content (AvgIpc) is 3.49. The van der Waals surface area contributed by atoms with Crippen LogP contribution in [0.4, 0.5) is 5.69 Å². The first kappa shape index (κ1) is 23.3. The van der Waals surface area contributed by atoms with Gasteiger partial charge in [0.2, 0.25) is 0 Å². The number of benzene rings is 3. The van der Waals surface area contributed by atoms with Crippen molar-refractivity contribution in [3.8, 4) is 11.3 Å². The fourth-order valence-corrected chi connectivity index (χ4v) is 3.96. The molecule has 6 nitrogen and oxygen atoms in total. The van der Waals surface area contributed by atoms with E-state index >= 15 is 0 Å². The first-order valence-corrected chi connectivity index (χ1v) is 11.6. The second kappa shape index (κ2) is 10.1. The third-order valence-corrected chi connectivity index (χ3v) is 6.07. The zero-order valence-electron chi connectivity index (χ0n) is 19.4. The van der Waals surface area contributed by atoms with Crippen LogP contribution in [0.2, 0.25) is 5.02 Å². The lowest BCUT2D eigenvalue weighted by molar-refractivity contribution is -0.114. The third kappa shape index (κ3) is 4.85. The zero-order chi connectivity index (χ0) is 25.1. The van der Waals surface area contributed by atoms with Gasteiger partial charge in [-0.1, -0.05) is 60.1 Å². The normalized spacial score (nSPS) is 14.3. The van der Waals surface area contributed by atoms with Gasteiger partial charge in [0.15, 0.2) is 0 Å². The fourth-order valence-electron chi connectivity index (χ4n) is 3.77. The summed E-state index contributed by atoms with van der Waals surface area (Å²) >= 11 is 6.12. The smallest absolute Gasteiger partial charge is 0.338 e. The first-order valence-electron chi connectivity index (χ1n) is 11.3. The molecular weight excluding hydrogens is 476 g/mol. The Morgan fingerprint density at radius 1 is 0.972 bits per heavy atom. The highest BCUT2D eigenvalue weighted by Gasteiger charge is 2.29. The predicted molar refractivity (Wildman–Crippen MR) is 140 cm³/mol. The van der Waals surface area contributed by atoms with Crippen molar-refractivity contribution in [2.75, 3.05) is 5.01 Å². The highest BCUT2D eigenvalue weighted by molar-refractivity contribution is 6.32. The van der Waals surface area contributed by atoms with E-state index in [2.05, 4.69) is 5.10 Å². The Balaban J connectivity index is 1.27. The van der Waals surface area contributed by atoms with Gasteiger partial charge in [-0.25, -0.2) is 4.79 Å². The fraction of sp³-hybridized carbons (Fsp3) is 0.0690. The highest BCUT2D eigenvalue weighted by atomic mass is 35.5. The van der Waals surface area contributed by atoms with E-state index in [0.717, 1.165) is 11.1 Å². The van der Waals surface area contributed by atoms with E-state index in [4.69, 9.17) is 20.8 Å². The van der Waals surface area contributed by atoms with Gasteiger partial charge in [-0.2, -0.15) is 10.1 Å². The van der Waals surface area contributed by atoms with Gasteiger partial charge < -0.3 is 9.15 Å². The number of anilines is 1. The maximum atomic E-state index is 12.9. The van der Waals surface area contributed by atoms with Crippen molar-refractivity contribution in [2.24, 2.45) is 5.10 Å². The van der Waals surface area contributed by atoms with E-state index in [1.165, 1.54) is 5.01 Å². The summed E-state index contributed by atoms with van der Waals surface area (Å²) in [6.07, 6.45) is 1.69. The maximum Gasteiger partial charge on any atom is 0.338 e. The van der Waals surface area contributed by atoms with Gasteiger partial charge in [0.25, 0.3) is 5.91 Å². The van der Waals surface area contributed by atoms with Crippen LogP contribution in [0, 0.1) is 0 Å². The van der Waals surface area contributed by atoms with Gasteiger partial charge in [-0.15, -0.1) is 0 Å². The number of carbonyl (C=O) groups excluding carboxylic acids is 2. The summed E-state index contributed by atoms with van der Waals surface area (Å²) in [5.74, 6) is 0.485. The Hall–Kier alpha value is -4.42. The van der Waals surface area contributed by atoms with Crippen molar-refractivity contribution in [1.82, 2.24) is 0 Å². The number of carbonyl (C=O) groups is 2. The SMILES string of the molecule is CC1=NN(c2ccccc2)C(=O)/C1=C\c1ccc(-c2ccc(C(=O)OCc3ccccc3Cl)cc2)o1. The van der Waals surface area contributed by atoms with Crippen molar-refractivity contribution in [3.05, 3.63) is 118 Å². The molecule has 2 heterocycles. The van der Waals surface area contributed by atoms with Gasteiger partial charge in [-0.05, 0) is 55.5 Å². The lowest BCUT2D eigenvalue weighted by atomic mass is 10.1. The number of furan rings is 1. The van der Waals surface area contributed by atoms with E-state index < -0.39 is 5.97 Å². The van der Waals surface area contributed by atoms with Crippen LogP contribution >= 0.6 is 11.6 Å². The Labute approximate surface area is 213 Å². The van der Waals surface area contributed by atoms with Crippen LogP contribution in [0.5, 0.6) is 0 Å². The van der Waals surface area contributed by atoms with Crippen LogP contribution < -0.4 is 5.01 Å². The number of esters is 1. The number of hydrogen-bond acceptors (Lipinski definition) is 5. The molecule has 1 aromatic heterocycles. The minimum Gasteiger partial charge on any atom is -0.457 e. The summed E-state index contributed by atoms with van der Waals surface area (Å²) in [6.45, 7) is 1.89. The minimum absolute atomic E-state index is 0.0968. The standard InChI is InChI=1S/C29H21ClN2O4/c1-19-25(28(33)32(31-19)23-8-3-2-4-9-23)17-24-15-16-27(36-24)20-11-13-21(14-12-20)29(34)35-18-22-7-5-6-10-26(22)30/h2-17H,18H2,1H3/b25-17-. The van der Waals surface area contributed by atoms with Crippen molar-refractivity contribution in [3.63, 3.8) is 0 Å². The molecule has 0 bridgehead atoms. The van der Waals surface area contributed by atoms with Gasteiger partial charge in [0.1, 0.15) is 18.1 Å². The number of hydrogen-bond donors (Lipinski definition) is 0. The Morgan fingerprint density at radius 3 is 2.44 bits per heavy atom. The molecule has 1 aliphatic heterocycles. The molecule has 36 heavy (non-hydrogen) atoms. The molecule has 4 aromatic rings. The van der Waals surface area contributed by atoms with Crippen LogP contribution in [0.15, 0.2) is 106 Å². The summed E-state index contributed by atoms with van der Waals surface area (Å²) in [5.41, 5.74) is 3.74. The molecule has 7 heteroatoms. The number of nitrogens with zero attached hydrogens (tertiary/aromatic N) is 2. The Bertz CT molecular complexity index is 1490. The van der Waals surface area contributed by atoms with Gasteiger partial charge >= 0.3 is 5.97 Å². The lowest BCUT2D eigenvalue weighted by Crippen LogP contribution is -2.21. The quantitative estimate of drug-likeness (QED) is 0.218. The van der Waals surface area contributed by atoms with Crippen molar-refractivity contribution in [2.45, 2.75) is 13.5 Å². The highest BCUT2D eigenvalue weighted by Crippen LogP contribution is 2.28. The predicted octanol–water partition coefficient (Wildman–Crippen LogP) is 6.76. The molecule has 0 atom stereocenters. The van der Waals surface area contributed by atoms with E-state index in [-0.39, 0.29) is 12.5 Å². The molecule has 0 saturated heterocycles. The Morgan fingerprint density at radius 2 is 1.69 bits per heavy atom. The van der Waals surface area contributed by atoms with Crippen molar-refractivity contribution < 1.29 is 18.7 Å².